The minimum absolute atomic E-state index is 0.186. The Hall–Kier alpha value is -3.34. The topological polar surface area (TPSA) is 56.7 Å². The average molecular weight is 389 g/mol. The summed E-state index contributed by atoms with van der Waals surface area (Å²) in [6.45, 7) is 8.05. The summed E-state index contributed by atoms with van der Waals surface area (Å²) in [5.74, 6) is -0.186. The van der Waals surface area contributed by atoms with Gasteiger partial charge in [-0.15, -0.1) is 0 Å². The van der Waals surface area contributed by atoms with Gasteiger partial charge < -0.3 is 10.2 Å². The van der Waals surface area contributed by atoms with Crippen LogP contribution in [0.25, 0.3) is 10.8 Å². The minimum atomic E-state index is -0.414. The van der Waals surface area contributed by atoms with Crippen molar-refractivity contribution >= 4 is 34.3 Å². The third kappa shape index (κ3) is 5.13. The fourth-order valence-electron chi connectivity index (χ4n) is 3.28. The number of carbonyl (C=O) groups excluding carboxylic acids is 1. The predicted octanol–water partition coefficient (Wildman–Crippen LogP) is 4.64. The summed E-state index contributed by atoms with van der Waals surface area (Å²) in [7, 11) is 0. The highest BCUT2D eigenvalue weighted by Crippen LogP contribution is 2.23. The Labute approximate surface area is 172 Å². The first kappa shape index (κ1) is 20.4. The predicted molar refractivity (Wildman–Crippen MR) is 123 cm³/mol. The zero-order chi connectivity index (χ0) is 20.6. The molecule has 0 heterocycles. The van der Waals surface area contributed by atoms with Crippen LogP contribution in [0.5, 0.6) is 0 Å². The van der Waals surface area contributed by atoms with Crippen molar-refractivity contribution in [2.45, 2.75) is 26.8 Å². The lowest BCUT2D eigenvalue weighted by atomic mass is 10.1. The van der Waals surface area contributed by atoms with Crippen molar-refractivity contribution in [3.63, 3.8) is 0 Å². The largest absolute Gasteiger partial charge is 0.373 e. The van der Waals surface area contributed by atoms with E-state index in [-0.39, 0.29) is 5.91 Å². The molecule has 5 heteroatoms. The Bertz CT molecular complexity index is 972. The number of rotatable bonds is 8. The van der Waals surface area contributed by atoms with E-state index in [2.05, 4.69) is 58.9 Å². The zero-order valence-corrected chi connectivity index (χ0v) is 17.2. The highest BCUT2D eigenvalue weighted by Gasteiger charge is 2.13. The van der Waals surface area contributed by atoms with Crippen molar-refractivity contribution in [1.29, 1.82) is 0 Å². The molecular formula is C24H28N4O. The maximum absolute atomic E-state index is 12.4. The first-order valence-electron chi connectivity index (χ1n) is 10.0. The molecular weight excluding hydrogens is 360 g/mol. The summed E-state index contributed by atoms with van der Waals surface area (Å²) in [6.07, 6.45) is 1.66. The Balaban J connectivity index is 1.58. The molecule has 1 atom stereocenters. The van der Waals surface area contributed by atoms with Gasteiger partial charge in [-0.05, 0) is 49.9 Å². The van der Waals surface area contributed by atoms with Crippen LogP contribution in [0, 0.1) is 0 Å². The molecule has 0 aromatic heterocycles. The van der Waals surface area contributed by atoms with E-state index in [1.165, 1.54) is 5.69 Å². The van der Waals surface area contributed by atoms with Crippen LogP contribution in [0.3, 0.4) is 0 Å². The standard InChI is InChI=1S/C24H28N4O/c1-4-28(5-2)21-15-13-19(14-16-21)17-25-27-24(29)18(3)26-23-12-8-10-20-9-6-7-11-22(20)23/h6-18,26H,4-5H2,1-3H3,(H,27,29)/b25-17-/t18-/m1/s1. The fourth-order valence-corrected chi connectivity index (χ4v) is 3.28. The second kappa shape index (κ2) is 9.73. The first-order chi connectivity index (χ1) is 14.1. The lowest BCUT2D eigenvalue weighted by molar-refractivity contribution is -0.121. The van der Waals surface area contributed by atoms with Gasteiger partial charge in [0.1, 0.15) is 6.04 Å². The van der Waals surface area contributed by atoms with Crippen LogP contribution in [0.15, 0.2) is 71.8 Å². The molecule has 1 amide bonds. The van der Waals surface area contributed by atoms with Crippen LogP contribution in [0.1, 0.15) is 26.3 Å². The fraction of sp³-hybridized carbons (Fsp3) is 0.250. The molecule has 0 bridgehead atoms. The van der Waals surface area contributed by atoms with E-state index >= 15 is 0 Å². The molecule has 150 valence electrons. The van der Waals surface area contributed by atoms with Gasteiger partial charge in [-0.3, -0.25) is 4.79 Å². The molecule has 3 aromatic rings. The van der Waals surface area contributed by atoms with E-state index in [9.17, 15) is 4.79 Å². The number of benzene rings is 3. The molecule has 0 aliphatic carbocycles. The van der Waals surface area contributed by atoms with Gasteiger partial charge in [0, 0.05) is 29.9 Å². The highest BCUT2D eigenvalue weighted by atomic mass is 16.2. The smallest absolute Gasteiger partial charge is 0.262 e. The zero-order valence-electron chi connectivity index (χ0n) is 17.2. The van der Waals surface area contributed by atoms with E-state index in [4.69, 9.17) is 0 Å². The molecule has 2 N–H and O–H groups in total. The van der Waals surface area contributed by atoms with Crippen molar-refractivity contribution in [2.75, 3.05) is 23.3 Å². The molecule has 29 heavy (non-hydrogen) atoms. The Morgan fingerprint density at radius 2 is 1.69 bits per heavy atom. The van der Waals surface area contributed by atoms with E-state index in [0.29, 0.717) is 0 Å². The van der Waals surface area contributed by atoms with Gasteiger partial charge in [-0.2, -0.15) is 5.10 Å². The highest BCUT2D eigenvalue weighted by molar-refractivity contribution is 5.96. The maximum Gasteiger partial charge on any atom is 0.262 e. The molecule has 0 spiro atoms. The number of carbonyl (C=O) groups is 1. The van der Waals surface area contributed by atoms with E-state index in [1.54, 1.807) is 6.21 Å². The van der Waals surface area contributed by atoms with Crippen LogP contribution in [0.4, 0.5) is 11.4 Å². The minimum Gasteiger partial charge on any atom is -0.373 e. The SMILES string of the molecule is CCN(CC)c1ccc(/C=N\NC(=O)[C@@H](C)Nc2cccc3ccccc23)cc1. The van der Waals surface area contributed by atoms with Crippen LogP contribution in [-0.2, 0) is 4.79 Å². The lowest BCUT2D eigenvalue weighted by Gasteiger charge is -2.20. The summed E-state index contributed by atoms with van der Waals surface area (Å²) in [5.41, 5.74) is 5.67. The number of nitrogens with zero attached hydrogens (tertiary/aromatic N) is 2. The summed E-state index contributed by atoms with van der Waals surface area (Å²) in [6, 6.07) is 21.8. The van der Waals surface area contributed by atoms with Crippen LogP contribution >= 0.6 is 0 Å². The molecule has 3 rings (SSSR count). The average Bonchev–Trinajstić information content (AvgIpc) is 2.76. The van der Waals surface area contributed by atoms with Gasteiger partial charge >= 0.3 is 0 Å². The van der Waals surface area contributed by atoms with Crippen molar-refractivity contribution in [1.82, 2.24) is 5.43 Å². The monoisotopic (exact) mass is 388 g/mol. The van der Waals surface area contributed by atoms with Crippen LogP contribution < -0.4 is 15.6 Å². The van der Waals surface area contributed by atoms with Gasteiger partial charge in [0.25, 0.3) is 5.91 Å². The van der Waals surface area contributed by atoms with Gasteiger partial charge in [0.2, 0.25) is 0 Å². The van der Waals surface area contributed by atoms with E-state index in [1.807, 2.05) is 49.4 Å². The summed E-state index contributed by atoms with van der Waals surface area (Å²) < 4.78 is 0. The van der Waals surface area contributed by atoms with Gasteiger partial charge in [-0.25, -0.2) is 5.43 Å². The molecule has 0 saturated heterocycles. The molecule has 3 aromatic carbocycles. The Morgan fingerprint density at radius 3 is 2.41 bits per heavy atom. The molecule has 0 saturated carbocycles. The number of hydrogen-bond donors (Lipinski definition) is 2. The summed E-state index contributed by atoms with van der Waals surface area (Å²) in [4.78, 5) is 14.7. The van der Waals surface area contributed by atoms with Crippen molar-refractivity contribution in [3.8, 4) is 0 Å². The number of amides is 1. The van der Waals surface area contributed by atoms with E-state index in [0.717, 1.165) is 35.1 Å². The molecule has 0 aliphatic rings. The second-order valence-electron chi connectivity index (χ2n) is 6.89. The molecule has 0 unspecified atom stereocenters. The molecule has 5 nitrogen and oxygen atoms in total. The van der Waals surface area contributed by atoms with Gasteiger partial charge in [0.05, 0.1) is 6.21 Å². The first-order valence-corrected chi connectivity index (χ1v) is 10.0. The molecule has 0 fully saturated rings. The van der Waals surface area contributed by atoms with Crippen molar-refractivity contribution in [2.24, 2.45) is 5.10 Å². The third-order valence-electron chi connectivity index (χ3n) is 4.96. The number of hydrogen-bond acceptors (Lipinski definition) is 4. The second-order valence-corrected chi connectivity index (χ2v) is 6.89. The van der Waals surface area contributed by atoms with Crippen molar-refractivity contribution in [3.05, 3.63) is 72.3 Å². The number of anilines is 2. The summed E-state index contributed by atoms with van der Waals surface area (Å²) in [5, 5.41) is 9.60. The lowest BCUT2D eigenvalue weighted by Crippen LogP contribution is -2.34. The number of nitrogens with one attached hydrogen (secondary N) is 2. The Morgan fingerprint density at radius 1 is 1.00 bits per heavy atom. The quantitative estimate of drug-likeness (QED) is 0.437. The van der Waals surface area contributed by atoms with Crippen LogP contribution in [-0.4, -0.2) is 31.3 Å². The third-order valence-corrected chi connectivity index (χ3v) is 4.96. The van der Waals surface area contributed by atoms with Crippen molar-refractivity contribution < 1.29 is 4.79 Å². The van der Waals surface area contributed by atoms with Crippen LogP contribution in [0.2, 0.25) is 0 Å². The molecule has 0 radical (unpaired) electrons. The normalized spacial score (nSPS) is 12.1. The Kier molecular flexibility index (Phi) is 6.85. The van der Waals surface area contributed by atoms with Gasteiger partial charge in [-0.1, -0.05) is 48.5 Å². The van der Waals surface area contributed by atoms with E-state index < -0.39 is 6.04 Å². The summed E-state index contributed by atoms with van der Waals surface area (Å²) >= 11 is 0. The number of hydrazone groups is 1. The maximum atomic E-state index is 12.4. The molecule has 0 aliphatic heterocycles. The van der Waals surface area contributed by atoms with Gasteiger partial charge in [0.15, 0.2) is 0 Å². The number of fused-ring (bicyclic) bond motifs is 1.